The molecule has 0 aromatic heterocycles. The van der Waals surface area contributed by atoms with Crippen LogP contribution in [0.5, 0.6) is 0 Å². The molecule has 20 saturated carbocycles. The molecule has 0 aliphatic heterocycles. The van der Waals surface area contributed by atoms with Crippen LogP contribution in [0.1, 0.15) is 532 Å². The Morgan fingerprint density at radius 1 is 0.277 bits per heavy atom. The number of hydrogen-bond acceptors (Lipinski definition) is 11. The van der Waals surface area contributed by atoms with Crippen LogP contribution in [0.2, 0.25) is 0 Å². The minimum absolute atomic E-state index is 0.114. The van der Waals surface area contributed by atoms with E-state index in [1.165, 1.54) is 225 Å². The van der Waals surface area contributed by atoms with Crippen molar-refractivity contribution < 1.29 is 56.2 Å². The van der Waals surface area contributed by atoms with Crippen LogP contribution in [-0.2, 0) is 0 Å². The summed E-state index contributed by atoms with van der Waals surface area (Å²) in [5.74, 6) is 22.3. The van der Waals surface area contributed by atoms with E-state index in [-0.39, 0.29) is 41.0 Å². The van der Waals surface area contributed by atoms with Crippen molar-refractivity contribution in [3.05, 3.63) is 35.9 Å². The summed E-state index contributed by atoms with van der Waals surface area (Å²) in [6.45, 7) is 60.8. The van der Waals surface area contributed by atoms with Gasteiger partial charge in [0.2, 0.25) is 0 Å². The smallest absolute Gasteiger partial charge is 0.0814 e. The third kappa shape index (κ3) is 21.4. The number of aliphatic hydroxyl groups excluding tert-OH is 5. The summed E-state index contributed by atoms with van der Waals surface area (Å²) in [4.78, 5) is 0. The number of rotatable bonds is 21. The highest BCUT2D eigenvalue weighted by Crippen LogP contribution is 2.77. The SMILES string of the molecule is CCC[C@H](O)[C@@H](C)[C@H]1CC[C@H]2[C@@H]3CC[C@@H]4C[C@](O)(CC)CC[C@]4(C)[C@H]3CC[C@]12C.CC[C@]1(O)CC[C@@]2(C)[C@@H](CC[C@@H]3[C@@H]2CC[C@]2(C)[C@@H]([C@H](C)C(C)(C)O)CC[C@@H]32)C1.CC[C@]1(O)CC[C@@]2(C)[C@@H](CC[C@@H]3[C@@H]2CC[C@]2(C)[C@@H]([C@H](C)[C@H](O)CCC(C)C)CC[C@@H]32)C1.C[C@@H]([C@H]1CC[C@H]2[C@@H]3CC[C@H]4C[C@@](C)(O)CC[C@]4(C)[C@H]3CC[C@]12C)[C@@H](C)O.C[C@@H]([C@H]1CC[C@H]2[C@@H]3CC[C@H]4C[C@@](C)(O)CC[C@]4(C)[C@H]3CC[C@]12C)[C@@H](O)C[C@H](O)c1ccccc1. The molecule has 11 N–H and O–H groups in total. The third-order valence-corrected chi connectivity index (χ3v) is 56.8. The van der Waals surface area contributed by atoms with Crippen molar-refractivity contribution in [2.75, 3.05) is 0 Å². The molecule has 20 fully saturated rings. The standard InChI is InChI=1S/C31H48O3.C29H52O2.C27H48O2.C26H46O2.C24H42O2/c1-20(27(32)18-28(33)21-8-6-5-7-9-21)24-12-13-25-23-11-10-22-19-29(2,34)16-17-30(22,3)26(23)14-15-31(24,25)4;1-7-29(31)17-16-27(5)21(18-29)9-10-22-24-12-11-23(28(24,6)15-14-25(22)27)20(4)26(30)13-8-19(2)3;1-6-8-24(28)18(3)21-11-12-22-20-10-9-19-17-27(29,7-2)16-15-25(19,4)23(20)13-14-26(21,22)5;1-7-26(28)15-14-24(5)18(16-26)8-9-19-21-11-10-20(17(2)23(3,4)27)25(21,6)13-12-22(19)24;1-15(16(2)25)19-8-9-20-18-7-6-17-14-22(3,26)12-13-23(17,4)21(18)10-11-24(19,20)5/h5-9,20,22-28,32-34H,10-19H2,1-4H3;19-26,30-31H,7-18H2,1-6H3;18-24,28-29H,6-17H2,1-5H3;17-22,27-28H,7-16H2,1-6H3;15-21,25-26H,6-14H2,1-5H3/t20-,22-,23-,24+,25-,26-,27-,28-,29-,30-,31+;20-,21-,22-,23+,24-,25-,26+,27-,28+,29-;18-,19+,20-,21+,22-,23-,24-,25-,26+,27-;17-,18-,19-,20+,21-,22-,24-,25+,26-;15-,16-,17+,18+,19-,20+,21+,22+,23+,24-/m00001/s1. The summed E-state index contributed by atoms with van der Waals surface area (Å²) in [6, 6.07) is 9.79. The predicted molar refractivity (Wildman–Crippen MR) is 610 cm³/mol. The Morgan fingerprint density at radius 3 is 0.824 bits per heavy atom. The maximum absolute atomic E-state index is 11.2. The van der Waals surface area contributed by atoms with Crippen molar-refractivity contribution in [2.24, 2.45) is 238 Å². The molecule has 21 rings (SSSR count). The van der Waals surface area contributed by atoms with E-state index in [1.54, 1.807) is 0 Å². The fraction of sp³-hybridized carbons (Fsp3) is 0.956. The Morgan fingerprint density at radius 2 is 0.541 bits per heavy atom. The van der Waals surface area contributed by atoms with Gasteiger partial charge in [0.1, 0.15) is 0 Å². The zero-order valence-electron chi connectivity index (χ0n) is 101. The lowest BCUT2D eigenvalue weighted by molar-refractivity contribution is -0.156. The summed E-state index contributed by atoms with van der Waals surface area (Å²) in [5.41, 5.74) is 2.54. The Labute approximate surface area is 908 Å². The Bertz CT molecular complexity index is 4480. The molecular formula is C137H236O11. The summed E-state index contributed by atoms with van der Waals surface area (Å²) < 4.78 is 0. The second kappa shape index (κ2) is 43.9. The van der Waals surface area contributed by atoms with Crippen LogP contribution < -0.4 is 0 Å². The van der Waals surface area contributed by atoms with E-state index in [0.29, 0.717) is 126 Å². The van der Waals surface area contributed by atoms with E-state index in [9.17, 15) is 56.2 Å². The van der Waals surface area contributed by atoms with E-state index in [0.717, 1.165) is 227 Å². The Hall–Kier alpha value is -1.22. The van der Waals surface area contributed by atoms with Gasteiger partial charge in [0.15, 0.2) is 0 Å². The van der Waals surface area contributed by atoms with Crippen LogP contribution >= 0.6 is 0 Å². The molecule has 148 heavy (non-hydrogen) atoms. The highest BCUT2D eigenvalue weighted by atomic mass is 16.3. The lowest BCUT2D eigenvalue weighted by Crippen LogP contribution is -2.56. The van der Waals surface area contributed by atoms with Gasteiger partial charge in [-0.15, -0.1) is 0 Å². The molecule has 1 aromatic carbocycles. The monoisotopic (exact) mass is 2060 g/mol. The molecule has 20 aliphatic rings. The largest absolute Gasteiger partial charge is 0.393 e. The molecule has 11 heteroatoms. The number of aliphatic hydroxyl groups is 11. The average molecular weight is 2060 g/mol. The minimum atomic E-state index is -0.599. The molecule has 0 radical (unpaired) electrons. The quantitative estimate of drug-likeness (QED) is 0.0556. The Balaban J connectivity index is 0.000000127. The van der Waals surface area contributed by atoms with E-state index < -0.39 is 29.0 Å². The molecule has 11 nitrogen and oxygen atoms in total. The number of fused-ring (bicyclic) bond motifs is 25. The second-order valence-corrected chi connectivity index (χ2v) is 63.9. The van der Waals surface area contributed by atoms with Gasteiger partial charge >= 0.3 is 0 Å². The Kier molecular flexibility index (Phi) is 34.9. The molecule has 0 saturated heterocycles. The van der Waals surface area contributed by atoms with Crippen molar-refractivity contribution in [3.63, 3.8) is 0 Å². The molecule has 50 atom stereocenters. The highest BCUT2D eigenvalue weighted by Gasteiger charge is 2.70. The van der Waals surface area contributed by atoms with Crippen LogP contribution in [0.15, 0.2) is 30.3 Å². The predicted octanol–water partition coefficient (Wildman–Crippen LogP) is 31.9. The molecule has 0 bridgehead atoms. The first-order valence-corrected chi connectivity index (χ1v) is 65.1. The van der Waals surface area contributed by atoms with E-state index in [1.807, 2.05) is 51.1 Å². The van der Waals surface area contributed by atoms with Gasteiger partial charge in [0.25, 0.3) is 0 Å². The van der Waals surface area contributed by atoms with E-state index in [4.69, 9.17) is 0 Å². The second-order valence-electron chi connectivity index (χ2n) is 63.9. The first-order valence-electron chi connectivity index (χ1n) is 65.1. The third-order valence-electron chi connectivity index (χ3n) is 56.8. The van der Waals surface area contributed by atoms with Gasteiger partial charge in [0, 0.05) is 6.42 Å². The lowest BCUT2D eigenvalue weighted by Gasteiger charge is -2.62. The summed E-state index contributed by atoms with van der Waals surface area (Å²) in [7, 11) is 0. The van der Waals surface area contributed by atoms with Gasteiger partial charge in [-0.3, -0.25) is 0 Å². The first-order chi connectivity index (χ1) is 69.3. The topological polar surface area (TPSA) is 223 Å². The van der Waals surface area contributed by atoms with E-state index >= 15 is 0 Å². The zero-order chi connectivity index (χ0) is 107. The van der Waals surface area contributed by atoms with Crippen LogP contribution in [0.3, 0.4) is 0 Å². The van der Waals surface area contributed by atoms with Crippen molar-refractivity contribution in [1.29, 1.82) is 0 Å². The minimum Gasteiger partial charge on any atom is -0.393 e. The molecular weight excluding hydrogens is 1820 g/mol. The maximum Gasteiger partial charge on any atom is 0.0814 e. The lowest BCUT2D eigenvalue weighted by atomic mass is 9.43. The van der Waals surface area contributed by atoms with Gasteiger partial charge in [-0.25, -0.2) is 0 Å². The number of benzene rings is 1. The average Bonchev–Trinajstić information content (AvgIpc) is 1.48. The van der Waals surface area contributed by atoms with Gasteiger partial charge in [-0.05, 0) is 605 Å². The number of hydrogen-bond donors (Lipinski definition) is 11. The maximum atomic E-state index is 11.2. The molecule has 0 amide bonds. The van der Waals surface area contributed by atoms with Crippen molar-refractivity contribution in [2.45, 2.75) is 584 Å². The van der Waals surface area contributed by atoms with Crippen molar-refractivity contribution in [3.8, 4) is 0 Å². The fourth-order valence-electron chi connectivity index (χ4n) is 46.5. The summed E-state index contributed by atoms with van der Waals surface area (Å²) in [5, 5.41) is 119. The van der Waals surface area contributed by atoms with E-state index in [2.05, 4.69) is 159 Å². The van der Waals surface area contributed by atoms with Crippen LogP contribution in [0, 0.1) is 238 Å². The van der Waals surface area contributed by atoms with Crippen LogP contribution in [0.4, 0.5) is 0 Å². The fourth-order valence-corrected chi connectivity index (χ4v) is 46.5. The van der Waals surface area contributed by atoms with Gasteiger partial charge in [-0.1, -0.05) is 182 Å². The van der Waals surface area contributed by atoms with Gasteiger partial charge in [0.05, 0.1) is 64.1 Å². The molecule has 1 aromatic rings. The molecule has 0 heterocycles. The zero-order valence-corrected chi connectivity index (χ0v) is 101. The molecule has 0 spiro atoms. The molecule has 20 aliphatic carbocycles. The van der Waals surface area contributed by atoms with Gasteiger partial charge in [-0.2, -0.15) is 0 Å². The normalized spacial score (nSPS) is 50.9. The van der Waals surface area contributed by atoms with Crippen molar-refractivity contribution >= 4 is 0 Å². The molecule has 0 unspecified atom stereocenters. The van der Waals surface area contributed by atoms with Gasteiger partial charge < -0.3 is 56.2 Å². The van der Waals surface area contributed by atoms with Crippen LogP contribution in [-0.4, -0.2) is 114 Å². The highest BCUT2D eigenvalue weighted by molar-refractivity contribution is 5.22. The summed E-state index contributed by atoms with van der Waals surface area (Å²) in [6.07, 6.45) is 62.6. The first kappa shape index (κ1) is 118. The van der Waals surface area contributed by atoms with Crippen molar-refractivity contribution in [1.82, 2.24) is 0 Å². The summed E-state index contributed by atoms with van der Waals surface area (Å²) >= 11 is 0. The molecule has 850 valence electrons. The van der Waals surface area contributed by atoms with Crippen LogP contribution in [0.25, 0.3) is 0 Å².